The summed E-state index contributed by atoms with van der Waals surface area (Å²) in [4.78, 5) is 11.7. The molecule has 0 aliphatic carbocycles. The summed E-state index contributed by atoms with van der Waals surface area (Å²) in [7, 11) is 0. The molecular formula is C21H33NO2. The van der Waals surface area contributed by atoms with Crippen LogP contribution in [-0.4, -0.2) is 12.7 Å². The van der Waals surface area contributed by atoms with Crippen molar-refractivity contribution in [1.29, 1.82) is 0 Å². The molecule has 1 N–H and O–H groups in total. The van der Waals surface area contributed by atoms with Gasteiger partial charge >= 0.3 is 6.09 Å². The molecule has 24 heavy (non-hydrogen) atoms. The highest BCUT2D eigenvalue weighted by Gasteiger charge is 2.02. The molecule has 1 rings (SSSR count). The van der Waals surface area contributed by atoms with Crippen LogP contribution in [0.3, 0.4) is 0 Å². The van der Waals surface area contributed by atoms with E-state index in [1.165, 1.54) is 51.4 Å². The molecule has 3 heteroatoms. The molecule has 134 valence electrons. The van der Waals surface area contributed by atoms with E-state index in [1.54, 1.807) is 6.08 Å². The van der Waals surface area contributed by atoms with Crippen molar-refractivity contribution in [3.8, 4) is 0 Å². The molecule has 0 saturated carbocycles. The van der Waals surface area contributed by atoms with Gasteiger partial charge in [0.2, 0.25) is 0 Å². The summed E-state index contributed by atoms with van der Waals surface area (Å²) >= 11 is 0. The molecule has 1 amide bonds. The van der Waals surface area contributed by atoms with Crippen LogP contribution in [-0.2, 0) is 4.74 Å². The average Bonchev–Trinajstić information content (AvgIpc) is 2.60. The number of carbonyl (C=O) groups excluding carboxylic acids is 1. The van der Waals surface area contributed by atoms with Gasteiger partial charge in [0.15, 0.2) is 0 Å². The predicted molar refractivity (Wildman–Crippen MR) is 103 cm³/mol. The van der Waals surface area contributed by atoms with Crippen LogP contribution >= 0.6 is 0 Å². The number of ether oxygens (including phenoxy) is 1. The molecule has 0 spiro atoms. The molecule has 0 saturated heterocycles. The van der Waals surface area contributed by atoms with Crippen LogP contribution in [0.2, 0.25) is 0 Å². The van der Waals surface area contributed by atoms with E-state index in [0.717, 1.165) is 24.1 Å². The van der Waals surface area contributed by atoms with E-state index in [9.17, 15) is 4.79 Å². The summed E-state index contributed by atoms with van der Waals surface area (Å²) in [6, 6.07) is 7.51. The van der Waals surface area contributed by atoms with Crippen molar-refractivity contribution in [2.24, 2.45) is 0 Å². The zero-order valence-electron chi connectivity index (χ0n) is 15.2. The van der Waals surface area contributed by atoms with Crippen molar-refractivity contribution in [3.63, 3.8) is 0 Å². The predicted octanol–water partition coefficient (Wildman–Crippen LogP) is 6.80. The molecule has 0 fully saturated rings. The quantitative estimate of drug-likeness (QED) is 0.404. The Kier molecular flexibility index (Phi) is 11.5. The Hall–Kier alpha value is -1.77. The molecule has 0 unspecified atom stereocenters. The summed E-state index contributed by atoms with van der Waals surface area (Å²) < 4.78 is 5.20. The van der Waals surface area contributed by atoms with Gasteiger partial charge in [0, 0.05) is 5.69 Å². The molecule has 1 aromatic rings. The largest absolute Gasteiger partial charge is 0.449 e. The second-order valence-corrected chi connectivity index (χ2v) is 6.27. The zero-order chi connectivity index (χ0) is 17.5. The molecule has 0 aliphatic rings. The van der Waals surface area contributed by atoms with Gasteiger partial charge in [0.05, 0.1) is 6.61 Å². The number of unbranched alkanes of at least 4 members (excludes halogenated alkanes) is 9. The number of hydrogen-bond donors (Lipinski definition) is 1. The number of nitrogens with one attached hydrogen (secondary N) is 1. The first-order valence-corrected chi connectivity index (χ1v) is 9.42. The summed E-state index contributed by atoms with van der Waals surface area (Å²) in [6.45, 7) is 6.45. The van der Waals surface area contributed by atoms with Gasteiger partial charge in [0.1, 0.15) is 0 Å². The van der Waals surface area contributed by atoms with Gasteiger partial charge in [-0.1, -0.05) is 89.5 Å². The van der Waals surface area contributed by atoms with Gasteiger partial charge in [-0.15, -0.1) is 0 Å². The molecule has 0 radical (unpaired) electrons. The summed E-state index contributed by atoms with van der Waals surface area (Å²) in [5, 5.41) is 2.73. The smallest absolute Gasteiger partial charge is 0.411 e. The maximum absolute atomic E-state index is 11.7. The highest BCUT2D eigenvalue weighted by molar-refractivity contribution is 5.84. The highest BCUT2D eigenvalue weighted by Crippen LogP contribution is 2.12. The van der Waals surface area contributed by atoms with Gasteiger partial charge in [-0.05, 0) is 24.1 Å². The van der Waals surface area contributed by atoms with E-state index in [-0.39, 0.29) is 6.09 Å². The number of rotatable bonds is 13. The summed E-state index contributed by atoms with van der Waals surface area (Å²) in [6.07, 6.45) is 14.2. The van der Waals surface area contributed by atoms with Gasteiger partial charge in [0.25, 0.3) is 0 Å². The lowest BCUT2D eigenvalue weighted by Crippen LogP contribution is -2.14. The Morgan fingerprint density at radius 2 is 1.50 bits per heavy atom. The SMILES string of the molecule is C=Cc1ccc(NC(=O)OCCCCCCCCCCCC)cc1. The standard InChI is InChI=1S/C21H33NO2/c1-3-5-6-7-8-9-10-11-12-13-18-24-21(23)22-20-16-14-19(4-2)15-17-20/h4,14-17H,2-3,5-13,18H2,1H3,(H,22,23). The molecule has 1 aromatic carbocycles. The first-order valence-electron chi connectivity index (χ1n) is 9.42. The second kappa shape index (κ2) is 13.6. The molecule has 0 aromatic heterocycles. The third-order valence-electron chi connectivity index (χ3n) is 4.12. The minimum absolute atomic E-state index is 0.378. The van der Waals surface area contributed by atoms with Crippen molar-refractivity contribution in [2.45, 2.75) is 71.1 Å². The Balaban J connectivity index is 1.95. The molecule has 0 atom stereocenters. The van der Waals surface area contributed by atoms with Crippen molar-refractivity contribution >= 4 is 17.9 Å². The van der Waals surface area contributed by atoms with Gasteiger partial charge in [-0.25, -0.2) is 4.79 Å². The molecular weight excluding hydrogens is 298 g/mol. The van der Waals surface area contributed by atoms with Gasteiger partial charge in [-0.3, -0.25) is 5.32 Å². The van der Waals surface area contributed by atoms with Crippen molar-refractivity contribution in [1.82, 2.24) is 0 Å². The van der Waals surface area contributed by atoms with E-state index in [2.05, 4.69) is 18.8 Å². The Bertz CT molecular complexity index is 453. The first kappa shape index (κ1) is 20.3. The highest BCUT2D eigenvalue weighted by atomic mass is 16.5. The van der Waals surface area contributed by atoms with Gasteiger partial charge in [-0.2, -0.15) is 0 Å². The molecule has 0 bridgehead atoms. The zero-order valence-corrected chi connectivity index (χ0v) is 15.2. The summed E-state index contributed by atoms with van der Waals surface area (Å²) in [5.74, 6) is 0. The minimum atomic E-state index is -0.378. The lowest BCUT2D eigenvalue weighted by molar-refractivity contribution is 0.159. The number of carbonyl (C=O) groups is 1. The van der Waals surface area contributed by atoms with Crippen molar-refractivity contribution in [2.75, 3.05) is 11.9 Å². The van der Waals surface area contributed by atoms with Gasteiger partial charge < -0.3 is 4.74 Å². The Morgan fingerprint density at radius 1 is 0.958 bits per heavy atom. The number of amides is 1. The van der Waals surface area contributed by atoms with E-state index in [0.29, 0.717) is 6.61 Å². The van der Waals surface area contributed by atoms with Crippen LogP contribution < -0.4 is 5.32 Å². The molecule has 3 nitrogen and oxygen atoms in total. The third-order valence-corrected chi connectivity index (χ3v) is 4.12. The van der Waals surface area contributed by atoms with Crippen LogP contribution in [0.1, 0.15) is 76.7 Å². The van der Waals surface area contributed by atoms with E-state index >= 15 is 0 Å². The first-order chi connectivity index (χ1) is 11.8. The lowest BCUT2D eigenvalue weighted by Gasteiger charge is -2.07. The average molecular weight is 332 g/mol. The lowest BCUT2D eigenvalue weighted by atomic mass is 10.1. The van der Waals surface area contributed by atoms with Crippen molar-refractivity contribution in [3.05, 3.63) is 36.4 Å². The monoisotopic (exact) mass is 331 g/mol. The Morgan fingerprint density at radius 3 is 2.04 bits per heavy atom. The topological polar surface area (TPSA) is 38.3 Å². The Labute approximate surface area is 147 Å². The van der Waals surface area contributed by atoms with E-state index in [4.69, 9.17) is 4.74 Å². The number of hydrogen-bond acceptors (Lipinski definition) is 2. The molecule has 0 aliphatic heterocycles. The van der Waals surface area contributed by atoms with E-state index in [1.807, 2.05) is 24.3 Å². The fourth-order valence-corrected chi connectivity index (χ4v) is 2.61. The van der Waals surface area contributed by atoms with Crippen LogP contribution in [0.25, 0.3) is 6.08 Å². The number of benzene rings is 1. The van der Waals surface area contributed by atoms with Crippen LogP contribution in [0, 0.1) is 0 Å². The maximum Gasteiger partial charge on any atom is 0.411 e. The van der Waals surface area contributed by atoms with Crippen LogP contribution in [0.5, 0.6) is 0 Å². The maximum atomic E-state index is 11.7. The molecule has 0 heterocycles. The van der Waals surface area contributed by atoms with E-state index < -0.39 is 0 Å². The fourth-order valence-electron chi connectivity index (χ4n) is 2.61. The summed E-state index contributed by atoms with van der Waals surface area (Å²) in [5.41, 5.74) is 1.77. The fraction of sp³-hybridized carbons (Fsp3) is 0.571. The van der Waals surface area contributed by atoms with Crippen LogP contribution in [0.15, 0.2) is 30.8 Å². The number of anilines is 1. The normalized spacial score (nSPS) is 10.4. The second-order valence-electron chi connectivity index (χ2n) is 6.27. The minimum Gasteiger partial charge on any atom is -0.449 e. The third kappa shape index (κ3) is 10.1. The van der Waals surface area contributed by atoms with Crippen molar-refractivity contribution < 1.29 is 9.53 Å². The van der Waals surface area contributed by atoms with Crippen LogP contribution in [0.4, 0.5) is 10.5 Å².